The highest BCUT2D eigenvalue weighted by Gasteiger charge is 2.23. The van der Waals surface area contributed by atoms with Gasteiger partial charge in [-0.1, -0.05) is 73.2 Å². The fraction of sp³-hybridized carbons (Fsp3) is 0.487. The number of carbonyl (C=O) groups is 2. The van der Waals surface area contributed by atoms with Gasteiger partial charge in [0.15, 0.2) is 0 Å². The second kappa shape index (κ2) is 20.4. The molecule has 1 aliphatic heterocycles. The Morgan fingerprint density at radius 1 is 0.796 bits per heavy atom. The Balaban J connectivity index is 0.992. The molecule has 1 amide bonds. The highest BCUT2D eigenvalue weighted by Crippen LogP contribution is 2.28. The third kappa shape index (κ3) is 13.7. The van der Waals surface area contributed by atoms with Crippen molar-refractivity contribution in [1.29, 1.82) is 0 Å². The van der Waals surface area contributed by atoms with E-state index < -0.39 is 12.2 Å². The van der Waals surface area contributed by atoms with Crippen molar-refractivity contribution in [2.24, 2.45) is 0 Å². The predicted molar refractivity (Wildman–Crippen MR) is 192 cm³/mol. The number of para-hydroxylation sites is 2. The number of likely N-dealkylation sites (N-methyl/N-ethyl adjacent to an activating group) is 1. The number of rotatable bonds is 19. The monoisotopic (exact) mass is 676 g/mol. The van der Waals surface area contributed by atoms with E-state index in [0.717, 1.165) is 104 Å². The zero-order valence-corrected chi connectivity index (χ0v) is 29.4. The molecule has 0 aliphatic carbocycles. The van der Waals surface area contributed by atoms with E-state index in [0.29, 0.717) is 19.8 Å². The molecular weight excluding hydrogens is 622 g/mol. The second-order valence-electron chi connectivity index (χ2n) is 13.1. The van der Waals surface area contributed by atoms with Crippen molar-refractivity contribution < 1.29 is 37.8 Å². The number of carbonyl (C=O) groups excluding carboxylic acids is 2. The van der Waals surface area contributed by atoms with Gasteiger partial charge in [0, 0.05) is 37.4 Å². The van der Waals surface area contributed by atoms with Gasteiger partial charge in [-0.3, -0.25) is 10.2 Å². The zero-order valence-electron chi connectivity index (χ0n) is 29.4. The van der Waals surface area contributed by atoms with Crippen LogP contribution in [0.3, 0.4) is 0 Å². The van der Waals surface area contributed by atoms with E-state index in [1.54, 1.807) is 7.11 Å². The number of nitrogens with one attached hydrogen (secondary N) is 1. The lowest BCUT2D eigenvalue weighted by Gasteiger charge is -2.31. The number of nitrogens with zero attached hydrogens (tertiary/aromatic N) is 2. The number of methoxy groups -OCH3 is 1. The molecule has 10 nitrogen and oxygen atoms in total. The number of hydrogen-bond acceptors (Lipinski definition) is 8. The van der Waals surface area contributed by atoms with Gasteiger partial charge in [-0.05, 0) is 49.8 Å². The van der Waals surface area contributed by atoms with Crippen LogP contribution in [-0.4, -0.2) is 101 Å². The third-order valence-corrected chi connectivity index (χ3v) is 8.85. The van der Waals surface area contributed by atoms with Crippen LogP contribution in [0.25, 0.3) is 11.1 Å². The molecule has 0 saturated carbocycles. The largest absolute Gasteiger partial charge is 0.508 e. The Hall–Kier alpha value is -4.12. The quantitative estimate of drug-likeness (QED) is 0.0799. The first-order valence-electron chi connectivity index (χ1n) is 17.5. The van der Waals surface area contributed by atoms with Crippen LogP contribution in [0.4, 0.5) is 15.3 Å². The summed E-state index contributed by atoms with van der Waals surface area (Å²) in [5.74, 6) is 0.865. The van der Waals surface area contributed by atoms with E-state index in [2.05, 4.69) is 24.3 Å². The summed E-state index contributed by atoms with van der Waals surface area (Å²) in [6.45, 7) is 5.79. The highest BCUT2D eigenvalue weighted by atomic mass is 16.7. The van der Waals surface area contributed by atoms with E-state index in [1.807, 2.05) is 78.9 Å². The molecular formula is C39H54N3O7+. The first-order valence-corrected chi connectivity index (χ1v) is 17.5. The number of unbranched alkanes of at least 4 members (excludes halogenated alkanes) is 3. The molecule has 49 heavy (non-hydrogen) atoms. The lowest BCUT2D eigenvalue weighted by Crippen LogP contribution is -2.43. The van der Waals surface area contributed by atoms with Gasteiger partial charge in [0.1, 0.15) is 31.6 Å². The molecule has 0 unspecified atom stereocenters. The van der Waals surface area contributed by atoms with Crippen LogP contribution in [0, 0.1) is 0 Å². The summed E-state index contributed by atoms with van der Waals surface area (Å²) < 4.78 is 28.4. The van der Waals surface area contributed by atoms with Gasteiger partial charge in [-0.25, -0.2) is 9.59 Å². The van der Waals surface area contributed by atoms with Gasteiger partial charge in [-0.2, -0.15) is 0 Å². The Morgan fingerprint density at radius 2 is 1.49 bits per heavy atom. The van der Waals surface area contributed by atoms with Crippen molar-refractivity contribution in [3.05, 3.63) is 84.4 Å². The standard InChI is InChI=1S/C39H53N3O7/c1-42(2,26-13-4-5-14-28-46-31-33-17-9-12-20-37(33)45-3)27-30-48-39(44)47-29-25-41-23-21-34(22-24-41)49-38(43)40-36-19-11-10-18-35(36)32-15-7-6-8-16-32/h6-12,15-20,34H,4-5,13-14,21-31H2,1-3H3/p+1. The van der Waals surface area contributed by atoms with Crippen LogP contribution < -0.4 is 10.1 Å². The van der Waals surface area contributed by atoms with Gasteiger partial charge < -0.3 is 28.2 Å². The number of benzene rings is 3. The molecule has 1 heterocycles. The summed E-state index contributed by atoms with van der Waals surface area (Å²) >= 11 is 0. The van der Waals surface area contributed by atoms with Gasteiger partial charge >= 0.3 is 12.2 Å². The molecule has 1 saturated heterocycles. The number of quaternary nitrogens is 1. The van der Waals surface area contributed by atoms with Crippen LogP contribution in [0.15, 0.2) is 78.9 Å². The van der Waals surface area contributed by atoms with Gasteiger partial charge in [0.2, 0.25) is 0 Å². The molecule has 1 aliphatic rings. The molecule has 0 atom stereocenters. The maximum atomic E-state index is 12.7. The number of amides is 1. The highest BCUT2D eigenvalue weighted by molar-refractivity contribution is 5.91. The van der Waals surface area contributed by atoms with E-state index in [4.69, 9.17) is 23.7 Å². The molecule has 1 N–H and O–H groups in total. The van der Waals surface area contributed by atoms with Gasteiger partial charge in [0.05, 0.1) is 40.0 Å². The van der Waals surface area contributed by atoms with E-state index in [9.17, 15) is 9.59 Å². The molecule has 0 spiro atoms. The van der Waals surface area contributed by atoms with Crippen LogP contribution in [0.5, 0.6) is 5.75 Å². The third-order valence-electron chi connectivity index (χ3n) is 8.85. The fourth-order valence-electron chi connectivity index (χ4n) is 5.89. The number of ether oxygens (including phenoxy) is 5. The second-order valence-corrected chi connectivity index (χ2v) is 13.1. The van der Waals surface area contributed by atoms with Crippen molar-refractivity contribution in [2.45, 2.75) is 51.2 Å². The van der Waals surface area contributed by atoms with E-state index in [-0.39, 0.29) is 12.7 Å². The van der Waals surface area contributed by atoms with Crippen LogP contribution in [-0.2, 0) is 25.6 Å². The topological polar surface area (TPSA) is 95.6 Å². The Labute approximate surface area is 291 Å². The van der Waals surface area contributed by atoms with Crippen molar-refractivity contribution >= 4 is 17.9 Å². The molecule has 0 aromatic heterocycles. The normalized spacial score (nSPS) is 13.9. The van der Waals surface area contributed by atoms with Crippen molar-refractivity contribution in [3.63, 3.8) is 0 Å². The van der Waals surface area contributed by atoms with E-state index >= 15 is 0 Å². The van der Waals surface area contributed by atoms with Crippen molar-refractivity contribution in [3.8, 4) is 16.9 Å². The molecule has 266 valence electrons. The molecule has 3 aromatic rings. The molecule has 4 rings (SSSR count). The summed E-state index contributed by atoms with van der Waals surface area (Å²) in [6, 6.07) is 25.6. The molecule has 0 bridgehead atoms. The van der Waals surface area contributed by atoms with Crippen molar-refractivity contribution in [2.75, 3.05) is 79.1 Å². The van der Waals surface area contributed by atoms with Crippen LogP contribution in [0.2, 0.25) is 0 Å². The Kier molecular flexibility index (Phi) is 15.7. The lowest BCUT2D eigenvalue weighted by molar-refractivity contribution is -0.890. The number of likely N-dealkylation sites (tertiary alicyclic amines) is 1. The molecule has 3 aromatic carbocycles. The number of anilines is 1. The van der Waals surface area contributed by atoms with Gasteiger partial charge in [0.25, 0.3) is 0 Å². The molecule has 1 fully saturated rings. The smallest absolute Gasteiger partial charge is 0.496 e. The first kappa shape index (κ1) is 37.7. The molecule has 0 radical (unpaired) electrons. The summed E-state index contributed by atoms with van der Waals surface area (Å²) in [7, 11) is 6.00. The van der Waals surface area contributed by atoms with Crippen LogP contribution in [0.1, 0.15) is 44.1 Å². The maximum absolute atomic E-state index is 12.7. The SMILES string of the molecule is COc1ccccc1COCCCCCC[N+](C)(C)CCOC(=O)OCCN1CCC(OC(=O)Nc2ccccc2-c2ccccc2)CC1. The zero-order chi connectivity index (χ0) is 34.7. The summed E-state index contributed by atoms with van der Waals surface area (Å²) in [4.78, 5) is 27.1. The van der Waals surface area contributed by atoms with Crippen LogP contribution >= 0.6 is 0 Å². The Morgan fingerprint density at radius 3 is 2.29 bits per heavy atom. The predicted octanol–water partition coefficient (Wildman–Crippen LogP) is 7.38. The lowest BCUT2D eigenvalue weighted by atomic mass is 10.0. The van der Waals surface area contributed by atoms with E-state index in [1.165, 1.54) is 0 Å². The van der Waals surface area contributed by atoms with Gasteiger partial charge in [-0.15, -0.1) is 0 Å². The number of piperidine rings is 1. The summed E-state index contributed by atoms with van der Waals surface area (Å²) in [5.41, 5.74) is 3.77. The Bertz CT molecular complexity index is 1410. The summed E-state index contributed by atoms with van der Waals surface area (Å²) in [6.07, 6.45) is 4.63. The van der Waals surface area contributed by atoms with Crippen molar-refractivity contribution in [1.82, 2.24) is 4.90 Å². The average Bonchev–Trinajstić information content (AvgIpc) is 3.11. The minimum atomic E-state index is -0.626. The number of hydrogen-bond donors (Lipinski definition) is 1. The minimum Gasteiger partial charge on any atom is -0.496 e. The summed E-state index contributed by atoms with van der Waals surface area (Å²) in [5, 5.41) is 2.91. The minimum absolute atomic E-state index is 0.156. The first-order chi connectivity index (χ1) is 23.8. The maximum Gasteiger partial charge on any atom is 0.508 e. The fourth-order valence-corrected chi connectivity index (χ4v) is 5.89. The molecule has 10 heteroatoms. The average molecular weight is 677 g/mol.